The second-order valence-corrected chi connectivity index (χ2v) is 8.88. The number of alkyl halides is 2. The smallest absolute Gasteiger partial charge is 0.320 e. The Kier molecular flexibility index (Phi) is 10.5. The van der Waals surface area contributed by atoms with Crippen LogP contribution in [0.1, 0.15) is 41.5 Å². The molecule has 1 amide bonds. The Balaban J connectivity index is 5.88. The van der Waals surface area contributed by atoms with Crippen LogP contribution in [0.15, 0.2) is 23.4 Å². The van der Waals surface area contributed by atoms with Gasteiger partial charge in [0.2, 0.25) is 5.91 Å². The maximum atomic E-state index is 13.4. The first-order chi connectivity index (χ1) is 13.9. The molecule has 0 rings (SSSR count). The molecule has 0 aromatic carbocycles. The van der Waals surface area contributed by atoms with Crippen LogP contribution in [0.5, 0.6) is 0 Å². The van der Waals surface area contributed by atoms with Crippen molar-refractivity contribution in [3.8, 4) is 0 Å². The van der Waals surface area contributed by atoms with Crippen molar-refractivity contribution in [1.29, 1.82) is 5.41 Å². The third-order valence-electron chi connectivity index (χ3n) is 4.14. The van der Waals surface area contributed by atoms with Crippen LogP contribution in [-0.4, -0.2) is 73.3 Å². The minimum Gasteiger partial charge on any atom is -0.459 e. The van der Waals surface area contributed by atoms with Crippen LogP contribution in [-0.2, 0) is 14.3 Å². The number of carbonyl (C=O) groups is 2. The number of amides is 1. The highest BCUT2D eigenvalue weighted by atomic mass is 19.3. The molecule has 1 atom stereocenters. The number of carbonyl (C=O) groups excluding carboxylic acids is 2. The Hall–Kier alpha value is -2.33. The highest BCUT2D eigenvalue weighted by molar-refractivity contribution is 5.86. The fraction of sp³-hybridized carbons (Fsp3) is 0.667. The van der Waals surface area contributed by atoms with Crippen LogP contribution in [0.4, 0.5) is 8.78 Å². The SMILES string of the molecule is C=C(N)C(CNCC(=O)OC(C)(C)C)(NC(C)=O)/C(C=N)=C(\C)CN(C)CC(C)(F)F. The first-order valence-electron chi connectivity index (χ1n) is 9.87. The van der Waals surface area contributed by atoms with Gasteiger partial charge in [-0.3, -0.25) is 14.5 Å². The zero-order chi connectivity index (χ0) is 24.6. The minimum atomic E-state index is -2.89. The van der Waals surface area contributed by atoms with Crippen molar-refractivity contribution >= 4 is 18.1 Å². The van der Waals surface area contributed by atoms with E-state index in [2.05, 4.69) is 17.2 Å². The molecule has 0 bridgehead atoms. The zero-order valence-corrected chi connectivity index (χ0v) is 19.6. The lowest BCUT2D eigenvalue weighted by Crippen LogP contribution is -2.59. The third kappa shape index (κ3) is 10.5. The maximum absolute atomic E-state index is 13.4. The van der Waals surface area contributed by atoms with E-state index in [0.717, 1.165) is 13.1 Å². The summed E-state index contributed by atoms with van der Waals surface area (Å²) in [6.07, 6.45) is 1.01. The van der Waals surface area contributed by atoms with Crippen LogP contribution in [0.3, 0.4) is 0 Å². The van der Waals surface area contributed by atoms with Crippen molar-refractivity contribution in [2.45, 2.75) is 58.6 Å². The number of nitrogens with one attached hydrogen (secondary N) is 3. The van der Waals surface area contributed by atoms with Gasteiger partial charge in [-0.2, -0.15) is 0 Å². The van der Waals surface area contributed by atoms with E-state index in [1.165, 1.54) is 18.9 Å². The first kappa shape index (κ1) is 28.7. The normalized spacial score (nSPS) is 15.0. The summed E-state index contributed by atoms with van der Waals surface area (Å²) in [7, 11) is 1.53. The van der Waals surface area contributed by atoms with E-state index < -0.39 is 35.5 Å². The number of rotatable bonds is 12. The summed E-state index contributed by atoms with van der Waals surface area (Å²) >= 11 is 0. The molecule has 0 spiro atoms. The summed E-state index contributed by atoms with van der Waals surface area (Å²) in [5.74, 6) is -3.83. The van der Waals surface area contributed by atoms with E-state index >= 15 is 0 Å². The Morgan fingerprint density at radius 1 is 1.23 bits per heavy atom. The summed E-state index contributed by atoms with van der Waals surface area (Å²) in [5.41, 5.74) is 4.83. The van der Waals surface area contributed by atoms with Gasteiger partial charge in [0.1, 0.15) is 11.1 Å². The lowest BCUT2D eigenvalue weighted by atomic mass is 9.83. The lowest BCUT2D eigenvalue weighted by Gasteiger charge is -2.37. The molecule has 8 nitrogen and oxygen atoms in total. The highest BCUT2D eigenvalue weighted by Crippen LogP contribution is 2.25. The Morgan fingerprint density at radius 2 is 1.77 bits per heavy atom. The van der Waals surface area contributed by atoms with Gasteiger partial charge in [-0.1, -0.05) is 12.2 Å². The number of esters is 1. The molecule has 0 aromatic heterocycles. The second-order valence-electron chi connectivity index (χ2n) is 8.88. The average molecular weight is 446 g/mol. The molecule has 0 heterocycles. The van der Waals surface area contributed by atoms with Gasteiger partial charge in [0.05, 0.1) is 13.1 Å². The van der Waals surface area contributed by atoms with Gasteiger partial charge in [0.25, 0.3) is 5.92 Å². The predicted molar refractivity (Wildman–Crippen MR) is 118 cm³/mol. The minimum absolute atomic E-state index is 0.0284. The van der Waals surface area contributed by atoms with Gasteiger partial charge in [0.15, 0.2) is 0 Å². The molecule has 5 N–H and O–H groups in total. The average Bonchev–Trinajstić information content (AvgIpc) is 2.50. The fourth-order valence-electron chi connectivity index (χ4n) is 3.23. The highest BCUT2D eigenvalue weighted by Gasteiger charge is 2.38. The van der Waals surface area contributed by atoms with E-state index in [9.17, 15) is 18.4 Å². The maximum Gasteiger partial charge on any atom is 0.320 e. The number of likely N-dealkylation sites (N-methyl/N-ethyl adjacent to an activating group) is 1. The molecule has 0 aliphatic heterocycles. The number of nitrogens with zero attached hydrogens (tertiary/aromatic N) is 1. The second kappa shape index (κ2) is 11.3. The van der Waals surface area contributed by atoms with E-state index in [1.54, 1.807) is 27.7 Å². The molecule has 10 heteroatoms. The molecular weight excluding hydrogens is 408 g/mol. The predicted octanol–water partition coefficient (Wildman–Crippen LogP) is 1.82. The van der Waals surface area contributed by atoms with Gasteiger partial charge < -0.3 is 26.5 Å². The lowest BCUT2D eigenvalue weighted by molar-refractivity contribution is -0.153. The molecular formula is C21H37F2N5O3. The van der Waals surface area contributed by atoms with Crippen molar-refractivity contribution in [2.75, 3.05) is 33.2 Å². The molecule has 0 aliphatic rings. The zero-order valence-electron chi connectivity index (χ0n) is 19.6. The number of hydrogen-bond donors (Lipinski definition) is 4. The topological polar surface area (TPSA) is 121 Å². The summed E-state index contributed by atoms with van der Waals surface area (Å²) in [6.45, 7) is 12.2. The molecule has 178 valence electrons. The number of nitrogens with two attached hydrogens (primary N) is 1. The quantitative estimate of drug-likeness (QED) is 0.269. The summed E-state index contributed by atoms with van der Waals surface area (Å²) in [6, 6.07) is 0. The van der Waals surface area contributed by atoms with Crippen molar-refractivity contribution in [3.05, 3.63) is 23.4 Å². The van der Waals surface area contributed by atoms with E-state index in [0.29, 0.717) is 5.57 Å². The number of hydrogen-bond acceptors (Lipinski definition) is 7. The molecule has 0 aromatic rings. The third-order valence-corrected chi connectivity index (χ3v) is 4.14. The van der Waals surface area contributed by atoms with E-state index in [-0.39, 0.29) is 30.9 Å². The number of halogens is 2. The van der Waals surface area contributed by atoms with E-state index in [4.69, 9.17) is 15.9 Å². The molecule has 0 saturated carbocycles. The Labute approximate surface area is 183 Å². The standard InChI is InChI=1S/C21H37F2N5O3/c1-14(11-28(8)13-20(7,22)23)17(9-24)21(15(2)25,27-16(3)29)12-26-10-18(30)31-19(4,5)6/h9,24,26H,2,10-13,25H2,1,3-8H3,(H,27,29)/b17-14+,24-9?. The monoisotopic (exact) mass is 445 g/mol. The largest absolute Gasteiger partial charge is 0.459 e. The molecule has 1 unspecified atom stereocenters. The van der Waals surface area contributed by atoms with Crippen LogP contribution >= 0.6 is 0 Å². The Bertz CT molecular complexity index is 711. The van der Waals surface area contributed by atoms with Crippen molar-refractivity contribution in [1.82, 2.24) is 15.5 Å². The summed E-state index contributed by atoms with van der Waals surface area (Å²) in [4.78, 5) is 25.4. The van der Waals surface area contributed by atoms with Crippen LogP contribution < -0.4 is 16.4 Å². The molecule has 31 heavy (non-hydrogen) atoms. The van der Waals surface area contributed by atoms with Gasteiger partial charge in [0, 0.05) is 44.4 Å². The van der Waals surface area contributed by atoms with Crippen LogP contribution in [0.2, 0.25) is 0 Å². The van der Waals surface area contributed by atoms with Gasteiger partial charge >= 0.3 is 5.97 Å². The summed E-state index contributed by atoms with van der Waals surface area (Å²) in [5, 5.41) is 13.5. The van der Waals surface area contributed by atoms with Crippen LogP contribution in [0.25, 0.3) is 0 Å². The number of ether oxygens (including phenoxy) is 1. The van der Waals surface area contributed by atoms with Gasteiger partial charge in [-0.15, -0.1) is 0 Å². The molecule has 0 saturated heterocycles. The van der Waals surface area contributed by atoms with Crippen molar-refractivity contribution < 1.29 is 23.1 Å². The molecule has 0 aliphatic carbocycles. The molecule has 0 fully saturated rings. The van der Waals surface area contributed by atoms with Gasteiger partial charge in [-0.25, -0.2) is 8.78 Å². The van der Waals surface area contributed by atoms with Gasteiger partial charge in [-0.05, 0) is 34.7 Å². The fourth-order valence-corrected chi connectivity index (χ4v) is 3.23. The van der Waals surface area contributed by atoms with Crippen LogP contribution in [0, 0.1) is 5.41 Å². The van der Waals surface area contributed by atoms with E-state index in [1.807, 2.05) is 0 Å². The van der Waals surface area contributed by atoms with Crippen molar-refractivity contribution in [3.63, 3.8) is 0 Å². The Morgan fingerprint density at radius 3 is 2.16 bits per heavy atom. The summed E-state index contributed by atoms with van der Waals surface area (Å²) < 4.78 is 32.0. The first-order valence-corrected chi connectivity index (χ1v) is 9.87. The molecule has 0 radical (unpaired) electrons. The van der Waals surface area contributed by atoms with Crippen molar-refractivity contribution in [2.24, 2.45) is 5.73 Å².